The van der Waals surface area contributed by atoms with Crippen molar-refractivity contribution < 1.29 is 9.13 Å². The summed E-state index contributed by atoms with van der Waals surface area (Å²) < 4.78 is 21.2. The fourth-order valence-corrected chi connectivity index (χ4v) is 2.64. The highest BCUT2D eigenvalue weighted by atomic mass is 79.9. The molecule has 1 aromatic carbocycles. The normalized spacial score (nSPS) is 12.5. The third-order valence-electron chi connectivity index (χ3n) is 3.01. The molecule has 0 aliphatic rings. The Morgan fingerprint density at radius 2 is 2.21 bits per heavy atom. The highest BCUT2D eigenvalue weighted by Crippen LogP contribution is 2.30. The smallest absolute Gasteiger partial charge is 0.165 e. The van der Waals surface area contributed by atoms with E-state index in [1.807, 2.05) is 14.1 Å². The Kier molecular flexibility index (Phi) is 4.21. The number of hydrogen-bond acceptors (Lipinski definition) is 3. The van der Waals surface area contributed by atoms with Crippen molar-refractivity contribution in [2.24, 2.45) is 7.05 Å². The van der Waals surface area contributed by atoms with Crippen molar-refractivity contribution in [2.45, 2.75) is 6.04 Å². The lowest BCUT2D eigenvalue weighted by molar-refractivity contribution is 0.385. The van der Waals surface area contributed by atoms with Crippen LogP contribution in [0.1, 0.15) is 17.3 Å². The van der Waals surface area contributed by atoms with Gasteiger partial charge < -0.3 is 10.1 Å². The fraction of sp³-hybridized carbons (Fsp3) is 0.308. The second-order valence-corrected chi connectivity index (χ2v) is 4.97. The van der Waals surface area contributed by atoms with Crippen LogP contribution in [-0.2, 0) is 7.05 Å². The third-order valence-corrected chi connectivity index (χ3v) is 3.62. The summed E-state index contributed by atoms with van der Waals surface area (Å²) in [6.07, 6.45) is 1.74. The van der Waals surface area contributed by atoms with Gasteiger partial charge in [0.15, 0.2) is 11.6 Å². The topological polar surface area (TPSA) is 39.1 Å². The Morgan fingerprint density at radius 3 is 2.74 bits per heavy atom. The number of halogens is 2. The first-order valence-corrected chi connectivity index (χ1v) is 6.56. The molecule has 1 atom stereocenters. The maximum absolute atomic E-state index is 13.5. The summed E-state index contributed by atoms with van der Waals surface area (Å²) in [5.41, 5.74) is 1.88. The Labute approximate surface area is 119 Å². The summed E-state index contributed by atoms with van der Waals surface area (Å²) in [6, 6.07) is 4.73. The molecule has 0 amide bonds. The van der Waals surface area contributed by atoms with E-state index in [1.165, 1.54) is 13.2 Å². The van der Waals surface area contributed by atoms with Gasteiger partial charge in [-0.3, -0.25) is 4.68 Å². The molecule has 1 heterocycles. The van der Waals surface area contributed by atoms with E-state index in [2.05, 4.69) is 26.3 Å². The number of ether oxygens (including phenoxy) is 1. The second kappa shape index (κ2) is 5.71. The van der Waals surface area contributed by atoms with Crippen LogP contribution in [0.25, 0.3) is 0 Å². The largest absolute Gasteiger partial charge is 0.494 e. The minimum Gasteiger partial charge on any atom is -0.494 e. The zero-order valence-corrected chi connectivity index (χ0v) is 12.5. The van der Waals surface area contributed by atoms with Gasteiger partial charge in [-0.1, -0.05) is 6.07 Å². The standard InChI is InChI=1S/C13H15BrFN3O/c1-16-12(13-9(14)7-17-18(13)2)8-4-5-10(15)11(6-8)19-3/h4-7,12,16H,1-3H3. The van der Waals surface area contributed by atoms with Crippen molar-refractivity contribution in [3.05, 3.63) is 45.9 Å². The van der Waals surface area contributed by atoms with Crippen LogP contribution in [0, 0.1) is 5.82 Å². The zero-order chi connectivity index (χ0) is 14.0. The number of aromatic nitrogens is 2. The van der Waals surface area contributed by atoms with Gasteiger partial charge in [-0.2, -0.15) is 5.10 Å². The molecule has 1 unspecified atom stereocenters. The van der Waals surface area contributed by atoms with Gasteiger partial charge in [0.05, 0.1) is 29.5 Å². The van der Waals surface area contributed by atoms with Gasteiger partial charge >= 0.3 is 0 Å². The fourth-order valence-electron chi connectivity index (χ4n) is 2.06. The molecule has 0 fully saturated rings. The van der Waals surface area contributed by atoms with Crippen molar-refractivity contribution in [1.82, 2.24) is 15.1 Å². The molecule has 0 saturated carbocycles. The summed E-state index contributed by atoms with van der Waals surface area (Å²) in [6.45, 7) is 0. The van der Waals surface area contributed by atoms with Crippen LogP contribution in [-0.4, -0.2) is 23.9 Å². The summed E-state index contributed by atoms with van der Waals surface area (Å²) in [5, 5.41) is 7.40. The molecular formula is C13H15BrFN3O. The first-order chi connectivity index (χ1) is 9.08. The number of benzene rings is 1. The van der Waals surface area contributed by atoms with Crippen LogP contribution >= 0.6 is 15.9 Å². The molecule has 19 heavy (non-hydrogen) atoms. The number of nitrogens with one attached hydrogen (secondary N) is 1. The molecule has 0 radical (unpaired) electrons. The van der Waals surface area contributed by atoms with E-state index in [0.717, 1.165) is 15.7 Å². The molecule has 0 aliphatic carbocycles. The van der Waals surface area contributed by atoms with E-state index in [1.54, 1.807) is 23.0 Å². The average molecular weight is 328 g/mol. The molecule has 0 saturated heterocycles. The van der Waals surface area contributed by atoms with Crippen molar-refractivity contribution in [1.29, 1.82) is 0 Å². The molecule has 0 aliphatic heterocycles. The van der Waals surface area contributed by atoms with Crippen LogP contribution in [0.5, 0.6) is 5.75 Å². The van der Waals surface area contributed by atoms with E-state index in [9.17, 15) is 4.39 Å². The second-order valence-electron chi connectivity index (χ2n) is 4.12. The Morgan fingerprint density at radius 1 is 1.47 bits per heavy atom. The van der Waals surface area contributed by atoms with Crippen LogP contribution < -0.4 is 10.1 Å². The number of rotatable bonds is 4. The molecule has 6 heteroatoms. The molecule has 0 spiro atoms. The van der Waals surface area contributed by atoms with Gasteiger partial charge in [0.25, 0.3) is 0 Å². The summed E-state index contributed by atoms with van der Waals surface area (Å²) >= 11 is 3.48. The van der Waals surface area contributed by atoms with Crippen LogP contribution in [0.4, 0.5) is 4.39 Å². The number of aryl methyl sites for hydroxylation is 1. The van der Waals surface area contributed by atoms with E-state index < -0.39 is 0 Å². The van der Waals surface area contributed by atoms with Crippen LogP contribution in [0.3, 0.4) is 0 Å². The minimum atomic E-state index is -0.370. The first kappa shape index (κ1) is 14.0. The summed E-state index contributed by atoms with van der Waals surface area (Å²) in [7, 11) is 5.17. The third kappa shape index (κ3) is 2.64. The molecule has 4 nitrogen and oxygen atoms in total. The van der Waals surface area contributed by atoms with Crippen molar-refractivity contribution in [2.75, 3.05) is 14.2 Å². The van der Waals surface area contributed by atoms with E-state index in [-0.39, 0.29) is 17.6 Å². The number of methoxy groups -OCH3 is 1. The van der Waals surface area contributed by atoms with Gasteiger partial charge in [0, 0.05) is 7.05 Å². The van der Waals surface area contributed by atoms with Gasteiger partial charge in [-0.15, -0.1) is 0 Å². The first-order valence-electron chi connectivity index (χ1n) is 5.76. The Balaban J connectivity index is 2.48. The Bertz CT molecular complexity index is 566. The van der Waals surface area contributed by atoms with Crippen molar-refractivity contribution in [3.8, 4) is 5.75 Å². The van der Waals surface area contributed by atoms with E-state index >= 15 is 0 Å². The van der Waals surface area contributed by atoms with Gasteiger partial charge in [0.1, 0.15) is 0 Å². The summed E-state index contributed by atoms with van der Waals surface area (Å²) in [4.78, 5) is 0. The highest BCUT2D eigenvalue weighted by Gasteiger charge is 2.20. The van der Waals surface area contributed by atoms with Gasteiger partial charge in [0.2, 0.25) is 0 Å². The predicted molar refractivity (Wildman–Crippen MR) is 74.8 cm³/mol. The average Bonchev–Trinajstić information content (AvgIpc) is 2.73. The minimum absolute atomic E-state index is 0.101. The zero-order valence-electron chi connectivity index (χ0n) is 10.9. The molecule has 2 aromatic rings. The lowest BCUT2D eigenvalue weighted by atomic mass is 10.0. The van der Waals surface area contributed by atoms with E-state index in [4.69, 9.17) is 4.74 Å². The van der Waals surface area contributed by atoms with Gasteiger partial charge in [-0.05, 0) is 40.7 Å². The lowest BCUT2D eigenvalue weighted by Crippen LogP contribution is -2.21. The molecular weight excluding hydrogens is 313 g/mol. The SMILES string of the molecule is CNC(c1ccc(F)c(OC)c1)c1c(Br)cnn1C. The molecule has 102 valence electrons. The van der Waals surface area contributed by atoms with Crippen LogP contribution in [0.2, 0.25) is 0 Å². The van der Waals surface area contributed by atoms with Crippen LogP contribution in [0.15, 0.2) is 28.9 Å². The highest BCUT2D eigenvalue weighted by molar-refractivity contribution is 9.10. The maximum Gasteiger partial charge on any atom is 0.165 e. The van der Waals surface area contributed by atoms with E-state index in [0.29, 0.717) is 0 Å². The molecule has 2 rings (SSSR count). The molecule has 1 N–H and O–H groups in total. The van der Waals surface area contributed by atoms with Crippen molar-refractivity contribution >= 4 is 15.9 Å². The Hall–Kier alpha value is -1.40. The number of hydrogen-bond donors (Lipinski definition) is 1. The molecule has 0 bridgehead atoms. The predicted octanol–water partition coefficient (Wildman–Crippen LogP) is 2.64. The summed E-state index contributed by atoms with van der Waals surface area (Å²) in [5.74, 6) is -0.138. The van der Waals surface area contributed by atoms with Crippen molar-refractivity contribution in [3.63, 3.8) is 0 Å². The van der Waals surface area contributed by atoms with Gasteiger partial charge in [-0.25, -0.2) is 4.39 Å². The quantitative estimate of drug-likeness (QED) is 0.938. The maximum atomic E-state index is 13.5. The number of nitrogens with zero attached hydrogens (tertiary/aromatic N) is 2. The lowest BCUT2D eigenvalue weighted by Gasteiger charge is -2.18. The molecule has 1 aromatic heterocycles. The monoisotopic (exact) mass is 327 g/mol.